The lowest BCUT2D eigenvalue weighted by molar-refractivity contribution is 0.134. The molecule has 1 heterocycles. The maximum atomic E-state index is 9.30. The Balaban J connectivity index is 1.97. The second kappa shape index (κ2) is 2.71. The SMILES string of the molecule is CC(O)C[C@@]12CCC[C@@H](C)[C@@H]1O2. The number of ether oxygens (including phenoxy) is 1. The zero-order chi connectivity index (χ0) is 8.77. The van der Waals surface area contributed by atoms with Crippen LogP contribution in [0.4, 0.5) is 0 Å². The number of hydrogen-bond acceptors (Lipinski definition) is 2. The van der Waals surface area contributed by atoms with Gasteiger partial charge in [0.1, 0.15) is 0 Å². The molecular weight excluding hydrogens is 152 g/mol. The summed E-state index contributed by atoms with van der Waals surface area (Å²) in [6.07, 6.45) is 4.81. The minimum absolute atomic E-state index is 0.0891. The van der Waals surface area contributed by atoms with Crippen LogP contribution in [0.15, 0.2) is 0 Å². The summed E-state index contributed by atoms with van der Waals surface area (Å²) >= 11 is 0. The van der Waals surface area contributed by atoms with Crippen LogP contribution in [0.25, 0.3) is 0 Å². The highest BCUT2D eigenvalue weighted by Crippen LogP contribution is 2.53. The van der Waals surface area contributed by atoms with Gasteiger partial charge in [-0.25, -0.2) is 0 Å². The van der Waals surface area contributed by atoms with Crippen molar-refractivity contribution >= 4 is 0 Å². The first-order chi connectivity index (χ1) is 5.64. The van der Waals surface area contributed by atoms with E-state index in [1.54, 1.807) is 0 Å². The zero-order valence-electron chi connectivity index (χ0n) is 7.92. The molecule has 4 atom stereocenters. The zero-order valence-corrected chi connectivity index (χ0v) is 7.92. The molecule has 1 N–H and O–H groups in total. The molecule has 2 aliphatic rings. The van der Waals surface area contributed by atoms with Gasteiger partial charge >= 0.3 is 0 Å². The lowest BCUT2D eigenvalue weighted by atomic mass is 9.80. The fourth-order valence-corrected chi connectivity index (χ4v) is 2.70. The molecule has 0 bridgehead atoms. The highest BCUT2D eigenvalue weighted by Gasteiger charge is 2.59. The topological polar surface area (TPSA) is 32.8 Å². The molecule has 0 amide bonds. The summed E-state index contributed by atoms with van der Waals surface area (Å²) < 4.78 is 5.73. The Morgan fingerprint density at radius 1 is 1.67 bits per heavy atom. The number of hydrogen-bond donors (Lipinski definition) is 1. The number of rotatable bonds is 2. The van der Waals surface area contributed by atoms with Gasteiger partial charge in [0.2, 0.25) is 0 Å². The van der Waals surface area contributed by atoms with Crippen LogP contribution >= 0.6 is 0 Å². The maximum absolute atomic E-state index is 9.30. The van der Waals surface area contributed by atoms with E-state index in [9.17, 15) is 5.11 Å². The van der Waals surface area contributed by atoms with Gasteiger partial charge in [-0.15, -0.1) is 0 Å². The smallest absolute Gasteiger partial charge is 0.0975 e. The summed E-state index contributed by atoms with van der Waals surface area (Å²) in [4.78, 5) is 0. The molecule has 1 aliphatic carbocycles. The van der Waals surface area contributed by atoms with Crippen LogP contribution in [0, 0.1) is 5.92 Å². The van der Waals surface area contributed by atoms with Crippen molar-refractivity contribution in [2.24, 2.45) is 5.92 Å². The van der Waals surface area contributed by atoms with Crippen LogP contribution < -0.4 is 0 Å². The summed E-state index contributed by atoms with van der Waals surface area (Å²) in [5.41, 5.74) is 0.0891. The molecule has 1 saturated heterocycles. The molecule has 2 heteroatoms. The molecule has 0 spiro atoms. The quantitative estimate of drug-likeness (QED) is 0.640. The molecule has 70 valence electrons. The highest BCUT2D eigenvalue weighted by atomic mass is 16.6. The van der Waals surface area contributed by atoms with E-state index in [2.05, 4.69) is 6.92 Å². The van der Waals surface area contributed by atoms with Crippen molar-refractivity contribution in [2.45, 2.75) is 57.3 Å². The van der Waals surface area contributed by atoms with Crippen molar-refractivity contribution in [1.29, 1.82) is 0 Å². The predicted molar refractivity (Wildman–Crippen MR) is 46.9 cm³/mol. The molecule has 2 fully saturated rings. The molecule has 1 unspecified atom stereocenters. The van der Waals surface area contributed by atoms with Crippen LogP contribution in [-0.2, 0) is 4.74 Å². The predicted octanol–water partition coefficient (Wildman–Crippen LogP) is 1.71. The molecular formula is C10H18O2. The second-order valence-corrected chi connectivity index (χ2v) is 4.53. The Morgan fingerprint density at radius 2 is 2.42 bits per heavy atom. The Labute approximate surface area is 73.9 Å². The van der Waals surface area contributed by atoms with Gasteiger partial charge in [0.15, 0.2) is 0 Å². The first-order valence-electron chi connectivity index (χ1n) is 5.00. The van der Waals surface area contributed by atoms with Gasteiger partial charge < -0.3 is 9.84 Å². The van der Waals surface area contributed by atoms with E-state index < -0.39 is 0 Å². The molecule has 0 radical (unpaired) electrons. The van der Waals surface area contributed by atoms with Gasteiger partial charge in [-0.05, 0) is 25.7 Å². The summed E-state index contributed by atoms with van der Waals surface area (Å²) in [5.74, 6) is 0.706. The molecule has 2 rings (SSSR count). The van der Waals surface area contributed by atoms with Crippen molar-refractivity contribution in [2.75, 3.05) is 0 Å². The number of aliphatic hydroxyl groups is 1. The average Bonchev–Trinajstić information content (AvgIpc) is 2.62. The van der Waals surface area contributed by atoms with E-state index in [0.29, 0.717) is 12.0 Å². The van der Waals surface area contributed by atoms with Crippen molar-refractivity contribution in [3.63, 3.8) is 0 Å². The minimum atomic E-state index is -0.208. The largest absolute Gasteiger partial charge is 0.393 e. The van der Waals surface area contributed by atoms with Crippen LogP contribution in [0.3, 0.4) is 0 Å². The van der Waals surface area contributed by atoms with E-state index in [1.807, 2.05) is 6.92 Å². The van der Waals surface area contributed by atoms with Gasteiger partial charge in [0, 0.05) is 6.42 Å². The fourth-order valence-electron chi connectivity index (χ4n) is 2.70. The summed E-state index contributed by atoms with van der Waals surface area (Å²) in [6.45, 7) is 4.11. The Bertz CT molecular complexity index is 179. The van der Waals surface area contributed by atoms with E-state index in [4.69, 9.17) is 4.74 Å². The first-order valence-corrected chi connectivity index (χ1v) is 5.00. The van der Waals surface area contributed by atoms with Gasteiger partial charge in [-0.2, -0.15) is 0 Å². The Kier molecular flexibility index (Phi) is 1.92. The van der Waals surface area contributed by atoms with Crippen LogP contribution in [0.1, 0.15) is 39.5 Å². The Morgan fingerprint density at radius 3 is 3.08 bits per heavy atom. The third kappa shape index (κ3) is 1.27. The molecule has 0 aromatic rings. The molecule has 0 aromatic heterocycles. The normalized spacial score (nSPS) is 48.2. The number of fused-ring (bicyclic) bond motifs is 1. The standard InChI is InChI=1S/C10H18O2/c1-7-4-3-5-10(6-8(2)11)9(7)12-10/h7-9,11H,3-6H2,1-2H3/t7-,8?,9+,10+/m1/s1. The summed E-state index contributed by atoms with van der Waals surface area (Å²) in [7, 11) is 0. The molecule has 12 heavy (non-hydrogen) atoms. The third-order valence-electron chi connectivity index (χ3n) is 3.24. The van der Waals surface area contributed by atoms with E-state index in [0.717, 1.165) is 12.8 Å². The van der Waals surface area contributed by atoms with E-state index in [1.165, 1.54) is 12.8 Å². The van der Waals surface area contributed by atoms with E-state index >= 15 is 0 Å². The lowest BCUT2D eigenvalue weighted by Crippen LogP contribution is -2.28. The summed E-state index contributed by atoms with van der Waals surface area (Å²) in [5, 5.41) is 9.30. The van der Waals surface area contributed by atoms with Crippen molar-refractivity contribution in [3.05, 3.63) is 0 Å². The first kappa shape index (κ1) is 8.52. The average molecular weight is 170 g/mol. The summed E-state index contributed by atoms with van der Waals surface area (Å²) in [6, 6.07) is 0. The minimum Gasteiger partial charge on any atom is -0.393 e. The van der Waals surface area contributed by atoms with Gasteiger partial charge in [-0.1, -0.05) is 13.3 Å². The van der Waals surface area contributed by atoms with Gasteiger partial charge in [-0.3, -0.25) is 0 Å². The monoisotopic (exact) mass is 170 g/mol. The molecule has 0 aromatic carbocycles. The number of epoxide rings is 1. The van der Waals surface area contributed by atoms with Crippen molar-refractivity contribution < 1.29 is 9.84 Å². The number of aliphatic hydroxyl groups excluding tert-OH is 1. The lowest BCUT2D eigenvalue weighted by Gasteiger charge is -2.22. The molecule has 1 saturated carbocycles. The second-order valence-electron chi connectivity index (χ2n) is 4.53. The fraction of sp³-hybridized carbons (Fsp3) is 1.00. The maximum Gasteiger partial charge on any atom is 0.0975 e. The molecule has 2 nitrogen and oxygen atoms in total. The molecule has 1 aliphatic heterocycles. The van der Waals surface area contributed by atoms with Crippen LogP contribution in [0.5, 0.6) is 0 Å². The van der Waals surface area contributed by atoms with Crippen LogP contribution in [-0.4, -0.2) is 22.9 Å². The third-order valence-corrected chi connectivity index (χ3v) is 3.24. The Hall–Kier alpha value is -0.0800. The highest BCUT2D eigenvalue weighted by molar-refractivity contribution is 5.08. The van der Waals surface area contributed by atoms with Crippen molar-refractivity contribution in [3.8, 4) is 0 Å². The van der Waals surface area contributed by atoms with Gasteiger partial charge in [0.25, 0.3) is 0 Å². The van der Waals surface area contributed by atoms with Crippen molar-refractivity contribution in [1.82, 2.24) is 0 Å². The van der Waals surface area contributed by atoms with Crippen LogP contribution in [0.2, 0.25) is 0 Å². The van der Waals surface area contributed by atoms with E-state index in [-0.39, 0.29) is 11.7 Å². The van der Waals surface area contributed by atoms with Gasteiger partial charge in [0.05, 0.1) is 17.8 Å².